The lowest BCUT2D eigenvalue weighted by atomic mass is 10.0. The molecule has 3 rings (SSSR count). The van der Waals surface area contributed by atoms with Crippen molar-refractivity contribution in [2.24, 2.45) is 5.41 Å². The largest absolute Gasteiger partial charge is 0.494 e. The molecule has 1 saturated carbocycles. The van der Waals surface area contributed by atoms with Gasteiger partial charge in [0.1, 0.15) is 11.2 Å². The highest BCUT2D eigenvalue weighted by atomic mass is 19.2. The fourth-order valence-corrected chi connectivity index (χ4v) is 2.56. The van der Waals surface area contributed by atoms with Gasteiger partial charge in [-0.3, -0.25) is 9.59 Å². The second-order valence-corrected chi connectivity index (χ2v) is 6.08. The molecule has 0 unspecified atom stereocenters. The van der Waals surface area contributed by atoms with Crippen molar-refractivity contribution in [2.75, 3.05) is 17.2 Å². The van der Waals surface area contributed by atoms with Gasteiger partial charge in [0.25, 0.3) is 0 Å². The Kier molecular flexibility index (Phi) is 4.88. The van der Waals surface area contributed by atoms with E-state index in [1.807, 2.05) is 6.92 Å². The molecule has 26 heavy (non-hydrogen) atoms. The number of ether oxygens (including phenoxy) is 1. The molecule has 2 aromatic rings. The summed E-state index contributed by atoms with van der Waals surface area (Å²) in [5.41, 5.74) is -0.539. The Balaban J connectivity index is 1.66. The molecule has 2 aromatic carbocycles. The molecule has 1 aliphatic carbocycles. The van der Waals surface area contributed by atoms with Crippen LogP contribution in [0, 0.1) is 17.0 Å². The molecule has 0 spiro atoms. The Morgan fingerprint density at radius 1 is 0.962 bits per heavy atom. The third-order valence-corrected chi connectivity index (χ3v) is 4.22. The van der Waals surface area contributed by atoms with E-state index in [0.29, 0.717) is 30.9 Å². The predicted molar refractivity (Wildman–Crippen MR) is 92.9 cm³/mol. The number of halogens is 2. The minimum atomic E-state index is -1.19. The maximum atomic E-state index is 13.3. The molecule has 1 aliphatic rings. The zero-order chi connectivity index (χ0) is 18.7. The number of carbonyl (C=O) groups excluding carboxylic acids is 2. The van der Waals surface area contributed by atoms with Crippen LogP contribution in [0.5, 0.6) is 5.75 Å². The summed E-state index contributed by atoms with van der Waals surface area (Å²) in [5.74, 6) is -2.35. The van der Waals surface area contributed by atoms with Crippen molar-refractivity contribution in [3.63, 3.8) is 0 Å². The van der Waals surface area contributed by atoms with Crippen molar-refractivity contribution < 1.29 is 23.1 Å². The number of nitrogens with one attached hydrogen (secondary N) is 2. The monoisotopic (exact) mass is 360 g/mol. The highest BCUT2D eigenvalue weighted by Crippen LogP contribution is 2.47. The number of amides is 2. The Hall–Kier alpha value is -2.96. The SMILES string of the molecule is CCOc1ccc(NC(=O)C2(C(=O)Nc3ccc(F)c(F)c3)CC2)cc1. The molecular weight excluding hydrogens is 342 g/mol. The minimum Gasteiger partial charge on any atom is -0.494 e. The summed E-state index contributed by atoms with van der Waals surface area (Å²) in [4.78, 5) is 25.0. The maximum absolute atomic E-state index is 13.3. The van der Waals surface area contributed by atoms with Crippen LogP contribution in [0.2, 0.25) is 0 Å². The summed E-state index contributed by atoms with van der Waals surface area (Å²) in [6.07, 6.45) is 0.788. The molecule has 1 fully saturated rings. The van der Waals surface area contributed by atoms with Gasteiger partial charge in [-0.05, 0) is 56.2 Å². The summed E-state index contributed by atoms with van der Waals surface area (Å²) in [6, 6.07) is 9.87. The highest BCUT2D eigenvalue weighted by molar-refractivity contribution is 6.16. The summed E-state index contributed by atoms with van der Waals surface area (Å²) >= 11 is 0. The Labute approximate surface area is 149 Å². The van der Waals surface area contributed by atoms with Crippen LogP contribution in [-0.4, -0.2) is 18.4 Å². The molecule has 136 valence electrons. The van der Waals surface area contributed by atoms with Gasteiger partial charge in [-0.25, -0.2) is 8.78 Å². The maximum Gasteiger partial charge on any atom is 0.240 e. The lowest BCUT2D eigenvalue weighted by Crippen LogP contribution is -2.35. The number of anilines is 2. The van der Waals surface area contributed by atoms with Gasteiger partial charge >= 0.3 is 0 Å². The molecule has 2 amide bonds. The predicted octanol–water partition coefficient (Wildman–Crippen LogP) is 3.72. The van der Waals surface area contributed by atoms with Gasteiger partial charge in [-0.2, -0.15) is 0 Å². The average Bonchev–Trinajstić information content (AvgIpc) is 3.42. The van der Waals surface area contributed by atoms with E-state index < -0.39 is 28.9 Å². The molecule has 0 bridgehead atoms. The summed E-state index contributed by atoms with van der Waals surface area (Å²) in [7, 11) is 0. The Morgan fingerprint density at radius 3 is 2.08 bits per heavy atom. The standard InChI is InChI=1S/C19H18F2N2O3/c1-2-26-14-6-3-12(4-7-14)22-17(24)19(9-10-19)18(25)23-13-5-8-15(20)16(21)11-13/h3-8,11H,2,9-10H2,1H3,(H,22,24)(H,23,25). The van der Waals surface area contributed by atoms with Crippen molar-refractivity contribution in [3.8, 4) is 5.75 Å². The normalized spacial score (nSPS) is 14.4. The van der Waals surface area contributed by atoms with E-state index in [4.69, 9.17) is 4.74 Å². The minimum absolute atomic E-state index is 0.106. The first kappa shape index (κ1) is 17.8. The van der Waals surface area contributed by atoms with Crippen molar-refractivity contribution >= 4 is 23.2 Å². The van der Waals surface area contributed by atoms with Crippen LogP contribution in [-0.2, 0) is 9.59 Å². The van der Waals surface area contributed by atoms with Crippen LogP contribution in [0.25, 0.3) is 0 Å². The van der Waals surface area contributed by atoms with Gasteiger partial charge in [0, 0.05) is 17.4 Å². The molecule has 0 heterocycles. The van der Waals surface area contributed by atoms with E-state index >= 15 is 0 Å². The number of carbonyl (C=O) groups is 2. The molecule has 0 radical (unpaired) electrons. The molecule has 5 nitrogen and oxygen atoms in total. The highest BCUT2D eigenvalue weighted by Gasteiger charge is 2.56. The summed E-state index contributed by atoms with van der Waals surface area (Å²) < 4.78 is 31.6. The van der Waals surface area contributed by atoms with Gasteiger partial charge in [0.15, 0.2) is 11.6 Å². The molecule has 0 saturated heterocycles. The van der Waals surface area contributed by atoms with E-state index in [1.165, 1.54) is 6.07 Å². The first-order chi connectivity index (χ1) is 12.4. The quantitative estimate of drug-likeness (QED) is 0.772. The number of benzene rings is 2. The fourth-order valence-electron chi connectivity index (χ4n) is 2.56. The van der Waals surface area contributed by atoms with Crippen LogP contribution in [0.3, 0.4) is 0 Å². The van der Waals surface area contributed by atoms with Gasteiger partial charge in [0.2, 0.25) is 11.8 Å². The second-order valence-electron chi connectivity index (χ2n) is 6.08. The van der Waals surface area contributed by atoms with Crippen LogP contribution in [0.15, 0.2) is 42.5 Å². The summed E-state index contributed by atoms with van der Waals surface area (Å²) in [6.45, 7) is 2.41. The van der Waals surface area contributed by atoms with Crippen LogP contribution in [0.1, 0.15) is 19.8 Å². The van der Waals surface area contributed by atoms with Gasteiger partial charge in [0.05, 0.1) is 6.61 Å². The second kappa shape index (κ2) is 7.11. The van der Waals surface area contributed by atoms with E-state index in [2.05, 4.69) is 10.6 Å². The Morgan fingerprint density at radius 2 is 1.54 bits per heavy atom. The van der Waals surface area contributed by atoms with Gasteiger partial charge < -0.3 is 15.4 Å². The molecule has 2 N–H and O–H groups in total. The first-order valence-corrected chi connectivity index (χ1v) is 8.25. The molecule has 0 aliphatic heterocycles. The number of hydrogen-bond acceptors (Lipinski definition) is 3. The van der Waals surface area contributed by atoms with Gasteiger partial charge in [-0.1, -0.05) is 0 Å². The average molecular weight is 360 g/mol. The van der Waals surface area contributed by atoms with Crippen molar-refractivity contribution in [1.82, 2.24) is 0 Å². The molecular formula is C19H18F2N2O3. The molecule has 7 heteroatoms. The van der Waals surface area contributed by atoms with E-state index in [9.17, 15) is 18.4 Å². The van der Waals surface area contributed by atoms with Crippen molar-refractivity contribution in [3.05, 3.63) is 54.1 Å². The smallest absolute Gasteiger partial charge is 0.240 e. The Bertz CT molecular complexity index is 833. The van der Waals surface area contributed by atoms with Crippen LogP contribution >= 0.6 is 0 Å². The van der Waals surface area contributed by atoms with Crippen LogP contribution in [0.4, 0.5) is 20.2 Å². The van der Waals surface area contributed by atoms with E-state index in [0.717, 1.165) is 12.1 Å². The van der Waals surface area contributed by atoms with Crippen molar-refractivity contribution in [2.45, 2.75) is 19.8 Å². The first-order valence-electron chi connectivity index (χ1n) is 8.25. The third kappa shape index (κ3) is 3.66. The van der Waals surface area contributed by atoms with E-state index in [1.54, 1.807) is 24.3 Å². The lowest BCUT2D eigenvalue weighted by molar-refractivity contribution is -0.131. The zero-order valence-corrected chi connectivity index (χ0v) is 14.1. The zero-order valence-electron chi connectivity index (χ0n) is 14.1. The van der Waals surface area contributed by atoms with Crippen LogP contribution < -0.4 is 15.4 Å². The van der Waals surface area contributed by atoms with Crippen molar-refractivity contribution in [1.29, 1.82) is 0 Å². The van der Waals surface area contributed by atoms with Gasteiger partial charge in [-0.15, -0.1) is 0 Å². The topological polar surface area (TPSA) is 67.4 Å². The summed E-state index contributed by atoms with van der Waals surface area (Å²) in [5, 5.41) is 5.19. The van der Waals surface area contributed by atoms with E-state index in [-0.39, 0.29) is 5.69 Å². The fraction of sp³-hybridized carbons (Fsp3) is 0.263. The molecule has 0 aromatic heterocycles. The third-order valence-electron chi connectivity index (χ3n) is 4.22. The molecule has 0 atom stereocenters. The lowest BCUT2D eigenvalue weighted by Gasteiger charge is -2.16. The number of hydrogen-bond donors (Lipinski definition) is 2. The number of rotatable bonds is 6.